The molecule has 1 aliphatic rings. The molecular weight excluding hydrogens is 366 g/mol. The normalized spacial score (nSPS) is 14.3. The number of amides is 3. The second-order valence-corrected chi connectivity index (χ2v) is 6.21. The molecule has 6 nitrogen and oxygen atoms in total. The Balaban J connectivity index is 1.95. The summed E-state index contributed by atoms with van der Waals surface area (Å²) in [5.41, 5.74) is 2.64. The minimum Gasteiger partial charge on any atom is -0.318 e. The Morgan fingerprint density at radius 1 is 1.25 bits per heavy atom. The molecule has 0 atom stereocenters. The minimum absolute atomic E-state index is 0.160. The molecule has 0 aliphatic carbocycles. The third kappa shape index (κ3) is 3.56. The average Bonchev–Trinajstić information content (AvgIpc) is 2.73. The van der Waals surface area contributed by atoms with Crippen LogP contribution in [0, 0.1) is 0 Å². The van der Waals surface area contributed by atoms with Crippen molar-refractivity contribution < 1.29 is 14.4 Å². The Morgan fingerprint density at radius 3 is 2.45 bits per heavy atom. The van der Waals surface area contributed by atoms with Gasteiger partial charge in [-0.15, -0.1) is 0 Å². The van der Waals surface area contributed by atoms with E-state index in [-0.39, 0.29) is 16.0 Å². The largest absolute Gasteiger partial charge is 0.328 e. The zero-order valence-corrected chi connectivity index (χ0v) is 13.1. The van der Waals surface area contributed by atoms with Gasteiger partial charge < -0.3 is 5.32 Å². The molecule has 9 heteroatoms. The fourth-order valence-corrected chi connectivity index (χ4v) is 2.58. The van der Waals surface area contributed by atoms with Gasteiger partial charge in [0.25, 0.3) is 5.91 Å². The lowest BCUT2D eigenvalue weighted by Gasteiger charge is -2.15. The molecule has 3 amide bonds. The quantitative estimate of drug-likeness (QED) is 0.602. The maximum absolute atomic E-state index is 11.7. The van der Waals surface area contributed by atoms with Gasteiger partial charge in [0.15, 0.2) is 4.32 Å². The first kappa shape index (κ1) is 14.9. The Morgan fingerprint density at radius 2 is 1.90 bits per heavy atom. The Hall–Kier alpha value is -1.45. The number of nitrogens with one attached hydrogen (secondary N) is 2. The molecule has 1 aromatic carbocycles. The number of anilines is 1. The van der Waals surface area contributed by atoms with E-state index in [4.69, 9.17) is 12.2 Å². The van der Waals surface area contributed by atoms with E-state index in [1.807, 2.05) is 0 Å². The van der Waals surface area contributed by atoms with E-state index in [9.17, 15) is 14.4 Å². The van der Waals surface area contributed by atoms with Gasteiger partial charge in [-0.1, -0.05) is 39.9 Å². The number of benzene rings is 1. The van der Waals surface area contributed by atoms with Gasteiger partial charge in [0.1, 0.15) is 0 Å². The van der Waals surface area contributed by atoms with Crippen LogP contribution in [0.1, 0.15) is 0 Å². The van der Waals surface area contributed by atoms with Crippen LogP contribution in [0.25, 0.3) is 0 Å². The fraction of sp³-hybridized carbons (Fsp3) is 0.0909. The van der Waals surface area contributed by atoms with Gasteiger partial charge >= 0.3 is 11.8 Å². The Labute approximate surface area is 132 Å². The van der Waals surface area contributed by atoms with Crippen LogP contribution in [-0.2, 0) is 14.4 Å². The molecule has 0 unspecified atom stereocenters. The van der Waals surface area contributed by atoms with Gasteiger partial charge in [0.2, 0.25) is 0 Å². The molecule has 20 heavy (non-hydrogen) atoms. The van der Waals surface area contributed by atoms with Crippen molar-refractivity contribution in [1.82, 2.24) is 10.4 Å². The van der Waals surface area contributed by atoms with Crippen LogP contribution in [0.5, 0.6) is 0 Å². The van der Waals surface area contributed by atoms with Crippen molar-refractivity contribution in [3.05, 3.63) is 28.7 Å². The number of halogens is 1. The second kappa shape index (κ2) is 6.33. The highest BCUT2D eigenvalue weighted by Crippen LogP contribution is 2.17. The lowest BCUT2D eigenvalue weighted by atomic mass is 10.3. The number of thioether (sulfide) groups is 1. The molecule has 2 rings (SSSR count). The van der Waals surface area contributed by atoms with Crippen molar-refractivity contribution in [2.75, 3.05) is 11.1 Å². The van der Waals surface area contributed by atoms with E-state index >= 15 is 0 Å². The summed E-state index contributed by atoms with van der Waals surface area (Å²) in [6, 6.07) is 6.72. The molecule has 0 radical (unpaired) electrons. The Bertz CT molecular complexity index is 575. The highest BCUT2D eigenvalue weighted by atomic mass is 79.9. The van der Waals surface area contributed by atoms with E-state index in [0.29, 0.717) is 5.69 Å². The van der Waals surface area contributed by atoms with Crippen molar-refractivity contribution in [3.63, 3.8) is 0 Å². The highest BCUT2D eigenvalue weighted by Gasteiger charge is 2.30. The van der Waals surface area contributed by atoms with E-state index in [1.54, 1.807) is 24.3 Å². The van der Waals surface area contributed by atoms with Crippen molar-refractivity contribution in [1.29, 1.82) is 0 Å². The predicted octanol–water partition coefficient (Wildman–Crippen LogP) is 1.28. The van der Waals surface area contributed by atoms with Crippen molar-refractivity contribution in [2.45, 2.75) is 0 Å². The number of nitrogens with zero attached hydrogens (tertiary/aromatic N) is 1. The highest BCUT2D eigenvalue weighted by molar-refractivity contribution is 9.10. The van der Waals surface area contributed by atoms with Gasteiger partial charge in [-0.2, -0.15) is 0 Å². The number of rotatable bonds is 2. The number of hydrazine groups is 1. The average molecular weight is 374 g/mol. The van der Waals surface area contributed by atoms with E-state index < -0.39 is 11.8 Å². The van der Waals surface area contributed by atoms with Crippen molar-refractivity contribution >= 4 is 67.6 Å². The molecule has 1 aromatic rings. The van der Waals surface area contributed by atoms with E-state index in [2.05, 4.69) is 26.7 Å². The van der Waals surface area contributed by atoms with Gasteiger partial charge in [0.05, 0.1) is 5.75 Å². The first-order valence-corrected chi connectivity index (χ1v) is 7.53. The smallest absolute Gasteiger partial charge is 0.318 e. The lowest BCUT2D eigenvalue weighted by molar-refractivity contribution is -0.141. The first-order chi connectivity index (χ1) is 9.47. The molecule has 104 valence electrons. The maximum Gasteiger partial charge on any atom is 0.328 e. The van der Waals surface area contributed by atoms with E-state index in [1.165, 1.54) is 0 Å². The summed E-state index contributed by atoms with van der Waals surface area (Å²) in [5.74, 6) is -2.02. The number of carbonyl (C=O) groups excluding carboxylic acids is 3. The number of thiocarbonyl (C=S) groups is 1. The topological polar surface area (TPSA) is 78.5 Å². The standard InChI is InChI=1S/C11H8BrN3O3S2/c12-6-1-3-7(4-2-6)13-9(17)10(18)14-15-8(16)5-20-11(15)19/h1-4H,5H2,(H,13,17)(H,14,18). The molecule has 2 N–H and O–H groups in total. The molecule has 0 spiro atoms. The third-order valence-electron chi connectivity index (χ3n) is 2.27. The zero-order chi connectivity index (χ0) is 14.7. The SMILES string of the molecule is O=C(Nc1ccc(Br)cc1)C(=O)NN1C(=O)CSC1=S. The molecule has 1 aliphatic heterocycles. The summed E-state index contributed by atoms with van der Waals surface area (Å²) in [7, 11) is 0. The summed E-state index contributed by atoms with van der Waals surface area (Å²) >= 11 is 9.27. The van der Waals surface area contributed by atoms with Crippen LogP contribution in [0.4, 0.5) is 5.69 Å². The fourth-order valence-electron chi connectivity index (χ4n) is 1.34. The molecule has 1 saturated heterocycles. The Kier molecular flexibility index (Phi) is 4.73. The summed E-state index contributed by atoms with van der Waals surface area (Å²) in [6.07, 6.45) is 0. The third-order valence-corrected chi connectivity index (χ3v) is 4.16. The number of hydrogen-bond donors (Lipinski definition) is 2. The minimum atomic E-state index is -0.953. The van der Waals surface area contributed by atoms with Crippen LogP contribution in [0.3, 0.4) is 0 Å². The lowest BCUT2D eigenvalue weighted by Crippen LogP contribution is -2.49. The van der Waals surface area contributed by atoms with Crippen LogP contribution in [0.15, 0.2) is 28.7 Å². The van der Waals surface area contributed by atoms with Gasteiger partial charge in [0, 0.05) is 10.2 Å². The maximum atomic E-state index is 11.7. The number of hydrogen-bond acceptors (Lipinski definition) is 5. The second-order valence-electron chi connectivity index (χ2n) is 3.69. The van der Waals surface area contributed by atoms with Crippen LogP contribution >= 0.6 is 39.9 Å². The summed E-state index contributed by atoms with van der Waals surface area (Å²) in [5, 5.41) is 3.32. The monoisotopic (exact) mass is 373 g/mol. The molecular formula is C11H8BrN3O3S2. The zero-order valence-electron chi connectivity index (χ0n) is 9.88. The van der Waals surface area contributed by atoms with Gasteiger partial charge in [-0.05, 0) is 24.3 Å². The van der Waals surface area contributed by atoms with Gasteiger partial charge in [-0.3, -0.25) is 19.8 Å². The van der Waals surface area contributed by atoms with Crippen LogP contribution in [-0.4, -0.2) is 32.8 Å². The molecule has 0 aromatic heterocycles. The van der Waals surface area contributed by atoms with Crippen LogP contribution in [0.2, 0.25) is 0 Å². The van der Waals surface area contributed by atoms with Gasteiger partial charge in [-0.25, -0.2) is 5.01 Å². The van der Waals surface area contributed by atoms with Crippen LogP contribution < -0.4 is 10.7 Å². The first-order valence-electron chi connectivity index (χ1n) is 5.34. The van der Waals surface area contributed by atoms with Crippen molar-refractivity contribution in [3.8, 4) is 0 Å². The molecule has 1 fully saturated rings. The molecule has 0 bridgehead atoms. The summed E-state index contributed by atoms with van der Waals surface area (Å²) in [4.78, 5) is 34.7. The summed E-state index contributed by atoms with van der Waals surface area (Å²) < 4.78 is 1.07. The number of carbonyl (C=O) groups is 3. The molecule has 0 saturated carbocycles. The predicted molar refractivity (Wildman–Crippen MR) is 82.8 cm³/mol. The molecule has 1 heterocycles. The summed E-state index contributed by atoms with van der Waals surface area (Å²) in [6.45, 7) is 0. The van der Waals surface area contributed by atoms with E-state index in [0.717, 1.165) is 21.2 Å². The van der Waals surface area contributed by atoms with Crippen molar-refractivity contribution in [2.24, 2.45) is 0 Å².